The third-order valence-electron chi connectivity index (χ3n) is 4.33. The number of halogens is 6. The van der Waals surface area contributed by atoms with Crippen LogP contribution in [0.15, 0.2) is 18.2 Å². The van der Waals surface area contributed by atoms with E-state index in [4.69, 9.17) is 4.74 Å². The zero-order valence-corrected chi connectivity index (χ0v) is 15.7. The lowest BCUT2D eigenvalue weighted by Gasteiger charge is -2.24. The second kappa shape index (κ2) is 7.42. The smallest absolute Gasteiger partial charge is 0.416 e. The van der Waals surface area contributed by atoms with Crippen molar-refractivity contribution in [1.82, 2.24) is 4.90 Å². The molecule has 0 spiro atoms. The van der Waals surface area contributed by atoms with Gasteiger partial charge in [0.25, 0.3) is 0 Å². The zero-order valence-electron chi connectivity index (χ0n) is 15.7. The Labute approximate surface area is 162 Å². The molecule has 0 aromatic heterocycles. The van der Waals surface area contributed by atoms with Gasteiger partial charge in [0.2, 0.25) is 0 Å². The van der Waals surface area contributed by atoms with Crippen LogP contribution in [0.4, 0.5) is 31.1 Å². The third-order valence-corrected chi connectivity index (χ3v) is 4.33. The minimum absolute atomic E-state index is 0.0279. The van der Waals surface area contributed by atoms with Gasteiger partial charge in [0.15, 0.2) is 0 Å². The topological polar surface area (TPSA) is 66.8 Å². The molecule has 2 rings (SSSR count). The quantitative estimate of drug-likeness (QED) is 0.692. The molecule has 1 aromatic rings. The van der Waals surface area contributed by atoms with Crippen LogP contribution in [0.1, 0.15) is 43.4 Å². The van der Waals surface area contributed by atoms with E-state index in [2.05, 4.69) is 0 Å². The molecule has 0 aliphatic carbocycles. The monoisotopic (exact) mass is 427 g/mol. The Bertz CT molecular complexity index is 765. The molecule has 0 radical (unpaired) electrons. The summed E-state index contributed by atoms with van der Waals surface area (Å²) in [5.74, 6) is -4.08. The van der Waals surface area contributed by atoms with Crippen molar-refractivity contribution >= 4 is 12.1 Å². The fourth-order valence-corrected chi connectivity index (χ4v) is 3.06. The summed E-state index contributed by atoms with van der Waals surface area (Å²) in [6, 6.07) is 0.961. The number of amides is 1. The highest BCUT2D eigenvalue weighted by Crippen LogP contribution is 2.41. The van der Waals surface area contributed by atoms with Crippen molar-refractivity contribution in [3.63, 3.8) is 0 Å². The molecule has 5 nitrogen and oxygen atoms in total. The van der Waals surface area contributed by atoms with Gasteiger partial charge in [-0.15, -0.1) is 0 Å². The molecule has 1 N–H and O–H groups in total. The second-order valence-electron chi connectivity index (χ2n) is 7.78. The fraction of sp³-hybridized carbons (Fsp3) is 0.556. The molecule has 1 aliphatic rings. The largest absolute Gasteiger partial charge is 0.481 e. The summed E-state index contributed by atoms with van der Waals surface area (Å²) in [4.78, 5) is 24.8. The number of carboxylic acid groups (broad SMARTS) is 1. The third kappa shape index (κ3) is 5.54. The van der Waals surface area contributed by atoms with Crippen LogP contribution in [0.2, 0.25) is 0 Å². The Hall–Kier alpha value is -2.46. The van der Waals surface area contributed by atoms with Crippen molar-refractivity contribution < 1.29 is 45.8 Å². The number of carbonyl (C=O) groups excluding carboxylic acids is 1. The first-order valence-corrected chi connectivity index (χ1v) is 8.49. The van der Waals surface area contributed by atoms with Crippen molar-refractivity contribution in [3.8, 4) is 0 Å². The van der Waals surface area contributed by atoms with E-state index in [9.17, 15) is 41.0 Å². The summed E-state index contributed by atoms with van der Waals surface area (Å²) >= 11 is 0. The van der Waals surface area contributed by atoms with Gasteiger partial charge in [-0.3, -0.25) is 4.79 Å². The lowest BCUT2D eigenvalue weighted by atomic mass is 9.87. The van der Waals surface area contributed by atoms with Gasteiger partial charge < -0.3 is 14.7 Å². The number of benzene rings is 1. The zero-order chi connectivity index (χ0) is 22.4. The number of nitrogens with zero attached hydrogens (tertiary/aromatic N) is 1. The molecule has 162 valence electrons. The number of hydrogen-bond acceptors (Lipinski definition) is 3. The SMILES string of the molecule is CC(C)(C)OC(=O)N1CC(C(=O)O)C(c2cc(C(F)(F)F)cc(C(F)(F)F)c2)C1. The number of likely N-dealkylation sites (tertiary alicyclic amines) is 1. The molecule has 0 bridgehead atoms. The van der Waals surface area contributed by atoms with Crippen molar-refractivity contribution in [2.75, 3.05) is 13.1 Å². The highest BCUT2D eigenvalue weighted by atomic mass is 19.4. The van der Waals surface area contributed by atoms with Gasteiger partial charge in [-0.05, 0) is 44.5 Å². The standard InChI is InChI=1S/C18H19F6NO4/c1-16(2,3)29-15(28)25-7-12(13(8-25)14(26)27)9-4-10(17(19,20)21)6-11(5-9)18(22,23)24/h4-6,12-13H,7-8H2,1-3H3,(H,26,27). The molecule has 1 heterocycles. The van der Waals surface area contributed by atoms with E-state index in [0.29, 0.717) is 12.1 Å². The maximum Gasteiger partial charge on any atom is 0.416 e. The molecule has 1 saturated heterocycles. The second-order valence-corrected chi connectivity index (χ2v) is 7.78. The summed E-state index contributed by atoms with van der Waals surface area (Å²) in [5, 5.41) is 9.41. The molecule has 11 heteroatoms. The first-order valence-electron chi connectivity index (χ1n) is 8.49. The maximum atomic E-state index is 13.1. The lowest BCUT2D eigenvalue weighted by Crippen LogP contribution is -2.35. The molecule has 29 heavy (non-hydrogen) atoms. The van der Waals surface area contributed by atoms with Gasteiger partial charge in [0.1, 0.15) is 5.60 Å². The Morgan fingerprint density at radius 2 is 1.45 bits per heavy atom. The maximum absolute atomic E-state index is 13.1. The Morgan fingerprint density at radius 1 is 0.966 bits per heavy atom. The molecular weight excluding hydrogens is 408 g/mol. The van der Waals surface area contributed by atoms with Crippen LogP contribution in [0.25, 0.3) is 0 Å². The molecule has 1 amide bonds. The van der Waals surface area contributed by atoms with E-state index in [1.165, 1.54) is 0 Å². The van der Waals surface area contributed by atoms with Crippen molar-refractivity contribution in [1.29, 1.82) is 0 Å². The predicted molar refractivity (Wildman–Crippen MR) is 88.1 cm³/mol. The molecule has 2 unspecified atom stereocenters. The minimum atomic E-state index is -5.06. The molecular formula is C18H19F6NO4. The minimum Gasteiger partial charge on any atom is -0.481 e. The number of aliphatic carboxylic acids is 1. The Kier molecular flexibility index (Phi) is 5.84. The molecule has 1 aromatic carbocycles. The number of rotatable bonds is 2. The average molecular weight is 427 g/mol. The van der Waals surface area contributed by atoms with Crippen LogP contribution < -0.4 is 0 Å². The van der Waals surface area contributed by atoms with Crippen LogP contribution in [0.3, 0.4) is 0 Å². The highest BCUT2D eigenvalue weighted by Gasteiger charge is 2.44. The molecule has 0 saturated carbocycles. The fourth-order valence-electron chi connectivity index (χ4n) is 3.06. The number of alkyl halides is 6. The van der Waals surface area contributed by atoms with Crippen LogP contribution >= 0.6 is 0 Å². The summed E-state index contributed by atoms with van der Waals surface area (Å²) in [6.45, 7) is 3.91. The Morgan fingerprint density at radius 3 is 1.83 bits per heavy atom. The van der Waals surface area contributed by atoms with Crippen LogP contribution in [0, 0.1) is 5.92 Å². The van der Waals surface area contributed by atoms with Crippen molar-refractivity contribution in [3.05, 3.63) is 34.9 Å². The number of carbonyl (C=O) groups is 2. The van der Waals surface area contributed by atoms with Crippen molar-refractivity contribution in [2.24, 2.45) is 5.92 Å². The van der Waals surface area contributed by atoms with Crippen LogP contribution in [-0.4, -0.2) is 40.8 Å². The van der Waals surface area contributed by atoms with Gasteiger partial charge in [0, 0.05) is 19.0 Å². The van der Waals surface area contributed by atoms with E-state index >= 15 is 0 Å². The van der Waals surface area contributed by atoms with Gasteiger partial charge in [-0.25, -0.2) is 4.79 Å². The molecule has 2 atom stereocenters. The number of hydrogen-bond donors (Lipinski definition) is 1. The number of ether oxygens (including phenoxy) is 1. The van der Waals surface area contributed by atoms with Gasteiger partial charge in [0.05, 0.1) is 17.0 Å². The first kappa shape index (κ1) is 22.8. The summed E-state index contributed by atoms with van der Waals surface area (Å²) in [6.07, 6.45) is -11.0. The van der Waals surface area contributed by atoms with Gasteiger partial charge >= 0.3 is 24.4 Å². The summed E-state index contributed by atoms with van der Waals surface area (Å²) in [7, 11) is 0. The predicted octanol–water partition coefficient (Wildman–Crippen LogP) is 4.76. The summed E-state index contributed by atoms with van der Waals surface area (Å²) < 4.78 is 83.7. The molecule has 1 fully saturated rings. The number of carboxylic acids is 1. The highest BCUT2D eigenvalue weighted by molar-refractivity contribution is 5.76. The van der Waals surface area contributed by atoms with E-state index in [1.54, 1.807) is 20.8 Å². The lowest BCUT2D eigenvalue weighted by molar-refractivity contribution is -0.143. The van der Waals surface area contributed by atoms with Crippen LogP contribution in [0.5, 0.6) is 0 Å². The van der Waals surface area contributed by atoms with Crippen molar-refractivity contribution in [2.45, 2.75) is 44.6 Å². The van der Waals surface area contributed by atoms with Gasteiger partial charge in [-0.2, -0.15) is 26.3 Å². The normalized spacial score (nSPS) is 20.7. The van der Waals surface area contributed by atoms with Gasteiger partial charge in [-0.1, -0.05) is 0 Å². The first-order chi connectivity index (χ1) is 13.0. The van der Waals surface area contributed by atoms with E-state index in [-0.39, 0.29) is 12.6 Å². The van der Waals surface area contributed by atoms with E-state index in [0.717, 1.165) is 4.90 Å². The van der Waals surface area contributed by atoms with Crippen LogP contribution in [-0.2, 0) is 21.9 Å². The molecule has 1 aliphatic heterocycles. The Balaban J connectivity index is 2.47. The summed E-state index contributed by atoms with van der Waals surface area (Å²) in [5.41, 5.74) is -4.44. The van der Waals surface area contributed by atoms with E-state index < -0.39 is 65.1 Å². The average Bonchev–Trinajstić information content (AvgIpc) is 2.97. The van der Waals surface area contributed by atoms with E-state index in [1.807, 2.05) is 0 Å².